The molecule has 2 aromatic carbocycles. The fourth-order valence-corrected chi connectivity index (χ4v) is 3.03. The number of imide groups is 1. The third-order valence-electron chi connectivity index (χ3n) is 3.89. The lowest BCUT2D eigenvalue weighted by Gasteiger charge is -2.25. The van der Waals surface area contributed by atoms with Crippen molar-refractivity contribution in [1.29, 1.82) is 0 Å². The van der Waals surface area contributed by atoms with Crippen molar-refractivity contribution in [2.75, 3.05) is 0 Å². The minimum Gasteiger partial charge on any atom is -0.269 e. The van der Waals surface area contributed by atoms with E-state index in [0.717, 1.165) is 11.1 Å². The molecule has 1 unspecified atom stereocenters. The molecule has 1 heterocycles. The summed E-state index contributed by atoms with van der Waals surface area (Å²) in [5.74, 6) is -0.555. The lowest BCUT2D eigenvalue weighted by atomic mass is 10.0. The maximum absolute atomic E-state index is 12.5. The van der Waals surface area contributed by atoms with Crippen LogP contribution in [0.2, 0.25) is 0 Å². The highest BCUT2D eigenvalue weighted by atomic mass is 35.5. The van der Waals surface area contributed by atoms with E-state index in [9.17, 15) is 9.59 Å². The van der Waals surface area contributed by atoms with Gasteiger partial charge in [0.05, 0.1) is 17.2 Å². The second-order valence-corrected chi connectivity index (χ2v) is 5.35. The Bertz CT molecular complexity index is 733. The molecule has 0 N–H and O–H groups in total. The Balaban J connectivity index is 1.98. The van der Waals surface area contributed by atoms with Gasteiger partial charge in [0.15, 0.2) is 0 Å². The van der Waals surface area contributed by atoms with Crippen molar-refractivity contribution in [3.8, 4) is 0 Å². The Kier molecular flexibility index (Phi) is 3.82. The average molecular weight is 312 g/mol. The zero-order chi connectivity index (χ0) is 15.7. The van der Waals surface area contributed by atoms with Crippen LogP contribution in [0.4, 0.5) is 0 Å². The first-order chi connectivity index (χ1) is 10.6. The molecule has 0 bridgehead atoms. The number of hydrogen-bond acceptors (Lipinski definition) is 2. The summed E-state index contributed by atoms with van der Waals surface area (Å²) in [6.07, 6.45) is 0. The molecule has 0 saturated heterocycles. The van der Waals surface area contributed by atoms with Crippen molar-refractivity contribution in [1.82, 2.24) is 4.90 Å². The summed E-state index contributed by atoms with van der Waals surface area (Å²) in [5.41, 5.74) is 3.95. The van der Waals surface area contributed by atoms with E-state index in [-0.39, 0.29) is 11.8 Å². The summed E-state index contributed by atoms with van der Waals surface area (Å²) < 4.78 is 0. The summed E-state index contributed by atoms with van der Waals surface area (Å²) in [7, 11) is 0. The highest BCUT2D eigenvalue weighted by Crippen LogP contribution is 2.30. The number of rotatable bonds is 3. The van der Waals surface area contributed by atoms with Crippen LogP contribution in [0.1, 0.15) is 33.2 Å². The number of amides is 2. The highest BCUT2D eigenvalue weighted by Gasteiger charge is 2.39. The second kappa shape index (κ2) is 5.78. The minimum atomic E-state index is -0.438. The fraction of sp³-hybridized carbons (Fsp3) is 0.111. The van der Waals surface area contributed by atoms with E-state index in [1.807, 2.05) is 37.3 Å². The smallest absolute Gasteiger partial charge is 0.262 e. The highest BCUT2D eigenvalue weighted by molar-refractivity contribution is 6.29. The molecule has 0 saturated carbocycles. The number of fused-ring (bicyclic) bond motifs is 1. The molecule has 0 radical (unpaired) electrons. The van der Waals surface area contributed by atoms with Gasteiger partial charge in [0.1, 0.15) is 0 Å². The van der Waals surface area contributed by atoms with Gasteiger partial charge in [0.25, 0.3) is 11.8 Å². The van der Waals surface area contributed by atoms with E-state index in [4.69, 9.17) is 11.6 Å². The van der Waals surface area contributed by atoms with Crippen LogP contribution >= 0.6 is 11.6 Å². The Morgan fingerprint density at radius 3 is 1.95 bits per heavy atom. The van der Waals surface area contributed by atoms with Gasteiger partial charge in [-0.15, -0.1) is 0 Å². The van der Waals surface area contributed by atoms with Crippen molar-refractivity contribution >= 4 is 29.0 Å². The topological polar surface area (TPSA) is 37.4 Å². The van der Waals surface area contributed by atoms with Crippen LogP contribution < -0.4 is 0 Å². The molecule has 3 nitrogen and oxygen atoms in total. The average Bonchev–Trinajstić information content (AvgIpc) is 2.81. The third kappa shape index (κ3) is 2.24. The zero-order valence-corrected chi connectivity index (χ0v) is 12.7. The zero-order valence-electron chi connectivity index (χ0n) is 12.0. The third-order valence-corrected chi connectivity index (χ3v) is 4.12. The monoisotopic (exact) mass is 311 g/mol. The minimum absolute atomic E-state index is 0.278. The van der Waals surface area contributed by atoms with E-state index in [1.165, 1.54) is 10.4 Å². The normalized spacial score (nSPS) is 15.9. The molecule has 1 atom stereocenters. The molecule has 2 amide bonds. The Morgan fingerprint density at radius 1 is 0.955 bits per heavy atom. The number of carbonyl (C=O) groups is 2. The van der Waals surface area contributed by atoms with Crippen LogP contribution in [0.15, 0.2) is 60.1 Å². The maximum Gasteiger partial charge on any atom is 0.262 e. The summed E-state index contributed by atoms with van der Waals surface area (Å²) >= 11 is 5.97. The second-order valence-electron chi connectivity index (χ2n) is 5.13. The maximum atomic E-state index is 12.5. The standard InChI is InChI=1S/C18H14ClNO2/c1-12(16(11-19)13-7-3-2-4-8-13)20-17(21)14-9-5-6-10-15(14)18(20)22/h2-12H,1H3/b16-11+. The predicted molar refractivity (Wildman–Crippen MR) is 86.7 cm³/mol. The number of carbonyl (C=O) groups excluding carboxylic acids is 2. The molecular formula is C18H14ClNO2. The number of nitrogens with zero attached hydrogens (tertiary/aromatic N) is 1. The Hall–Kier alpha value is -2.39. The van der Waals surface area contributed by atoms with Crippen molar-refractivity contribution in [3.63, 3.8) is 0 Å². The molecule has 0 fully saturated rings. The van der Waals surface area contributed by atoms with E-state index >= 15 is 0 Å². The van der Waals surface area contributed by atoms with Crippen molar-refractivity contribution < 1.29 is 9.59 Å². The number of hydrogen-bond donors (Lipinski definition) is 0. The van der Waals surface area contributed by atoms with Gasteiger partial charge in [-0.2, -0.15) is 0 Å². The number of benzene rings is 2. The molecule has 3 rings (SSSR count). The Labute approximate surface area is 133 Å². The van der Waals surface area contributed by atoms with E-state index in [2.05, 4.69) is 0 Å². The van der Waals surface area contributed by atoms with E-state index in [0.29, 0.717) is 11.1 Å². The molecule has 110 valence electrons. The first-order valence-electron chi connectivity index (χ1n) is 6.97. The van der Waals surface area contributed by atoms with E-state index < -0.39 is 6.04 Å². The largest absolute Gasteiger partial charge is 0.269 e. The van der Waals surface area contributed by atoms with Gasteiger partial charge in [0.2, 0.25) is 0 Å². The molecule has 0 spiro atoms. The van der Waals surface area contributed by atoms with Gasteiger partial charge in [-0.05, 0) is 30.2 Å². The van der Waals surface area contributed by atoms with Crippen LogP contribution in [-0.2, 0) is 0 Å². The van der Waals surface area contributed by atoms with Gasteiger partial charge >= 0.3 is 0 Å². The SMILES string of the molecule is CC(/C(=C\Cl)c1ccccc1)N1C(=O)c2ccccc2C1=O. The van der Waals surface area contributed by atoms with Gasteiger partial charge < -0.3 is 0 Å². The van der Waals surface area contributed by atoms with Crippen LogP contribution in [0.25, 0.3) is 5.57 Å². The fourth-order valence-electron chi connectivity index (χ4n) is 2.72. The number of halogens is 1. The van der Waals surface area contributed by atoms with Crippen LogP contribution in [0.5, 0.6) is 0 Å². The first kappa shape index (κ1) is 14.5. The quantitative estimate of drug-likeness (QED) is 0.805. The molecule has 1 aliphatic heterocycles. The lowest BCUT2D eigenvalue weighted by molar-refractivity contribution is 0.0630. The first-order valence-corrected chi connectivity index (χ1v) is 7.41. The summed E-state index contributed by atoms with van der Waals surface area (Å²) in [4.78, 5) is 26.3. The lowest BCUT2D eigenvalue weighted by Crippen LogP contribution is -2.38. The van der Waals surface area contributed by atoms with Gasteiger partial charge in [-0.25, -0.2) is 0 Å². The van der Waals surface area contributed by atoms with Crippen LogP contribution in [-0.4, -0.2) is 22.8 Å². The molecule has 0 aliphatic carbocycles. The molecule has 1 aliphatic rings. The van der Waals surface area contributed by atoms with Gasteiger partial charge in [-0.1, -0.05) is 54.1 Å². The summed E-state index contributed by atoms with van der Waals surface area (Å²) in [6.45, 7) is 1.81. The van der Waals surface area contributed by atoms with Crippen molar-refractivity contribution in [3.05, 3.63) is 76.8 Å². The molecule has 0 aromatic heterocycles. The molecule has 2 aromatic rings. The molecule has 4 heteroatoms. The van der Waals surface area contributed by atoms with Gasteiger partial charge in [0, 0.05) is 5.54 Å². The molecular weight excluding hydrogens is 298 g/mol. The summed E-state index contributed by atoms with van der Waals surface area (Å²) in [6, 6.07) is 15.9. The van der Waals surface area contributed by atoms with Crippen molar-refractivity contribution in [2.45, 2.75) is 13.0 Å². The molecule has 22 heavy (non-hydrogen) atoms. The van der Waals surface area contributed by atoms with Crippen molar-refractivity contribution in [2.24, 2.45) is 0 Å². The van der Waals surface area contributed by atoms with Crippen LogP contribution in [0, 0.1) is 0 Å². The van der Waals surface area contributed by atoms with E-state index in [1.54, 1.807) is 24.3 Å². The predicted octanol–water partition coefficient (Wildman–Crippen LogP) is 3.95. The summed E-state index contributed by atoms with van der Waals surface area (Å²) in [5, 5.41) is 0. The van der Waals surface area contributed by atoms with Crippen LogP contribution in [0.3, 0.4) is 0 Å². The Morgan fingerprint density at radius 2 is 1.45 bits per heavy atom. The van der Waals surface area contributed by atoms with Gasteiger partial charge in [-0.3, -0.25) is 14.5 Å².